The van der Waals surface area contributed by atoms with E-state index >= 15 is 0 Å². The van der Waals surface area contributed by atoms with Crippen molar-refractivity contribution in [1.29, 1.82) is 0 Å². The van der Waals surface area contributed by atoms with E-state index in [4.69, 9.17) is 82.4 Å². The standard InChI is InChI=1S/C33H44N15O15P3S2/c1-55-23-17(7-58-65(53,67)62-15-5-14(3-4-64(51,52)56-2)59-31(15)46-11-43-18-25(34)37-8-40-28(18)46)61-33(48-13-45-20-27(36)39-10-42-30(20)48)24(23)63-66(54,68)57-6-16-21(49)22(50)32(60-16)47-12-44-19-26(35)38-9-41-29(19)47/h8-17,21-24,31-33,49-50H,3-7H2,1-2H3,(H,51,52)(H,53,67)(H,54,68)(H2,34,37,40)(H2,35,38,41)(H2,36,39,42). The van der Waals surface area contributed by atoms with Crippen molar-refractivity contribution in [2.75, 3.05) is 50.8 Å². The van der Waals surface area contributed by atoms with Crippen LogP contribution in [0.15, 0.2) is 38.0 Å². The van der Waals surface area contributed by atoms with Gasteiger partial charge in [-0.05, 0) is 30.0 Å². The second-order valence-electron chi connectivity index (χ2n) is 15.5. The molecule has 0 radical (unpaired) electrons. The molecule has 0 amide bonds. The number of nitrogen functional groups attached to an aromatic ring is 3. The molecule has 368 valence electrons. The fourth-order valence-electron chi connectivity index (χ4n) is 8.09. The number of ether oxygens (including phenoxy) is 4. The van der Waals surface area contributed by atoms with Crippen LogP contribution in [0.3, 0.4) is 0 Å². The molecule has 6 aromatic rings. The number of aliphatic hydroxyl groups is 2. The molecule has 3 aliphatic rings. The molecule has 0 bridgehead atoms. The van der Waals surface area contributed by atoms with E-state index in [-0.39, 0.29) is 69.9 Å². The van der Waals surface area contributed by atoms with Crippen molar-refractivity contribution in [2.24, 2.45) is 0 Å². The molecule has 14 unspecified atom stereocenters. The smallest absolute Gasteiger partial charge is 0.327 e. The molecule has 3 saturated heterocycles. The van der Waals surface area contributed by atoms with E-state index in [1.165, 1.54) is 58.8 Å². The minimum atomic E-state index is -4.35. The molecular weight excluding hydrogens is 1000 g/mol. The zero-order chi connectivity index (χ0) is 48.3. The predicted molar refractivity (Wildman–Crippen MR) is 239 cm³/mol. The Morgan fingerprint density at radius 3 is 1.68 bits per heavy atom. The maximum Gasteiger partial charge on any atom is 0.327 e. The fraction of sp³-hybridized carbons (Fsp3) is 0.545. The molecule has 68 heavy (non-hydrogen) atoms. The van der Waals surface area contributed by atoms with E-state index in [9.17, 15) is 29.5 Å². The first-order valence-electron chi connectivity index (χ1n) is 20.2. The Bertz CT molecular complexity index is 2960. The number of nitrogens with zero attached hydrogens (tertiary/aromatic N) is 12. The minimum absolute atomic E-state index is 0.0523. The van der Waals surface area contributed by atoms with Crippen LogP contribution in [0.2, 0.25) is 0 Å². The first kappa shape index (κ1) is 49.0. The second kappa shape index (κ2) is 19.3. The Balaban J connectivity index is 0.922. The lowest BCUT2D eigenvalue weighted by molar-refractivity contribution is -0.0583. The van der Waals surface area contributed by atoms with Gasteiger partial charge in [0, 0.05) is 20.6 Å². The van der Waals surface area contributed by atoms with Gasteiger partial charge in [0.2, 0.25) is 0 Å². The summed E-state index contributed by atoms with van der Waals surface area (Å²) in [4.78, 5) is 70.7. The molecule has 35 heteroatoms. The lowest BCUT2D eigenvalue weighted by Crippen LogP contribution is -2.37. The summed E-state index contributed by atoms with van der Waals surface area (Å²) in [6.07, 6.45) is -5.51. The summed E-state index contributed by atoms with van der Waals surface area (Å²) >= 11 is 11.0. The van der Waals surface area contributed by atoms with Crippen molar-refractivity contribution in [3.63, 3.8) is 0 Å². The Morgan fingerprint density at radius 2 is 1.15 bits per heavy atom. The van der Waals surface area contributed by atoms with E-state index < -0.39 is 102 Å². The van der Waals surface area contributed by atoms with Crippen LogP contribution in [-0.2, 0) is 69.7 Å². The lowest BCUT2D eigenvalue weighted by atomic mass is 10.1. The molecule has 0 saturated carbocycles. The van der Waals surface area contributed by atoms with Crippen LogP contribution in [0, 0.1) is 0 Å². The van der Waals surface area contributed by atoms with Crippen LogP contribution in [0.25, 0.3) is 33.5 Å². The molecule has 3 aliphatic heterocycles. The van der Waals surface area contributed by atoms with Crippen molar-refractivity contribution in [1.82, 2.24) is 58.6 Å². The molecule has 0 aromatic carbocycles. The van der Waals surface area contributed by atoms with Crippen LogP contribution in [0.5, 0.6) is 0 Å². The highest BCUT2D eigenvalue weighted by molar-refractivity contribution is 8.07. The van der Waals surface area contributed by atoms with Crippen molar-refractivity contribution in [3.8, 4) is 0 Å². The molecule has 30 nitrogen and oxygen atoms in total. The first-order valence-corrected chi connectivity index (χ1v) is 27.1. The molecule has 0 aliphatic carbocycles. The lowest BCUT2D eigenvalue weighted by Gasteiger charge is -2.28. The average Bonchev–Trinajstić information content (AvgIpc) is 4.17. The number of fused-ring (bicyclic) bond motifs is 3. The molecule has 6 aromatic heterocycles. The Labute approximate surface area is 393 Å². The van der Waals surface area contributed by atoms with Crippen LogP contribution in [-0.4, -0.2) is 166 Å². The number of nitrogens with two attached hydrogens (primary N) is 3. The minimum Gasteiger partial charge on any atom is -0.387 e. The van der Waals surface area contributed by atoms with Gasteiger partial charge >= 0.3 is 21.0 Å². The van der Waals surface area contributed by atoms with Gasteiger partial charge in [-0.1, -0.05) is 0 Å². The third-order valence-corrected chi connectivity index (χ3v) is 15.9. The molecule has 11 N–H and O–H groups in total. The average molecular weight is 1050 g/mol. The summed E-state index contributed by atoms with van der Waals surface area (Å²) in [5.74, 6) is 0.245. The van der Waals surface area contributed by atoms with Gasteiger partial charge < -0.3 is 79.1 Å². The number of rotatable bonds is 18. The Hall–Kier alpha value is -3.98. The summed E-state index contributed by atoms with van der Waals surface area (Å²) in [5, 5.41) is 22.0. The van der Waals surface area contributed by atoms with Crippen molar-refractivity contribution in [2.45, 2.75) is 80.4 Å². The van der Waals surface area contributed by atoms with Gasteiger partial charge in [-0.15, -0.1) is 0 Å². The number of methoxy groups -OCH3 is 1. The fourth-order valence-corrected chi connectivity index (χ4v) is 11.7. The Morgan fingerprint density at radius 1 is 0.662 bits per heavy atom. The van der Waals surface area contributed by atoms with Gasteiger partial charge in [0.05, 0.1) is 44.5 Å². The maximum absolute atomic E-state index is 12.3. The molecular formula is C33H44N15O15P3S2. The number of imidazole rings is 3. The zero-order valence-corrected chi connectivity index (χ0v) is 39.7. The number of aromatic nitrogens is 12. The van der Waals surface area contributed by atoms with Gasteiger partial charge in [0.15, 0.2) is 53.1 Å². The van der Waals surface area contributed by atoms with Crippen LogP contribution in [0.4, 0.5) is 17.5 Å². The van der Waals surface area contributed by atoms with E-state index in [1.807, 2.05) is 0 Å². The van der Waals surface area contributed by atoms with Crippen LogP contribution >= 0.6 is 21.0 Å². The summed E-state index contributed by atoms with van der Waals surface area (Å²) in [7, 11) is -1.47. The monoisotopic (exact) mass is 1050 g/mol. The zero-order valence-electron chi connectivity index (χ0n) is 35.4. The summed E-state index contributed by atoms with van der Waals surface area (Å²) in [6.45, 7) is -9.66. The molecule has 3 fully saturated rings. The van der Waals surface area contributed by atoms with Gasteiger partial charge in [-0.3, -0.25) is 22.8 Å². The SMILES string of the molecule is COC1C(COP(O)(=S)OC2CC(CCP(=O)(O)OC)OC2n2cnc3c(N)ncnc32)OC(n2cnc3c(N)ncnc32)C1OP(O)(=S)OCC1OC(n2cnc3c(N)ncnc32)C(O)C1O. The molecule has 14 atom stereocenters. The topological polar surface area (TPSA) is 410 Å². The van der Waals surface area contributed by atoms with Crippen molar-refractivity contribution >= 4 is 95.6 Å². The van der Waals surface area contributed by atoms with Gasteiger partial charge in [-0.25, -0.2) is 44.9 Å². The van der Waals surface area contributed by atoms with Gasteiger partial charge in [0.1, 0.15) is 78.3 Å². The number of hydrogen-bond acceptors (Lipinski definition) is 26. The third kappa shape index (κ3) is 9.73. The first-order chi connectivity index (χ1) is 32.4. The molecule has 9 heterocycles. The van der Waals surface area contributed by atoms with Crippen LogP contribution < -0.4 is 17.2 Å². The van der Waals surface area contributed by atoms with Crippen molar-refractivity contribution < 1.29 is 71.0 Å². The number of hydrogen-bond donors (Lipinski definition) is 8. The third-order valence-electron chi connectivity index (χ3n) is 11.4. The van der Waals surface area contributed by atoms with Crippen molar-refractivity contribution in [3.05, 3.63) is 38.0 Å². The molecule has 0 spiro atoms. The summed E-state index contributed by atoms with van der Waals surface area (Å²) in [6, 6.07) is 0. The summed E-state index contributed by atoms with van der Waals surface area (Å²) in [5.41, 5.74) is 19.4. The van der Waals surface area contributed by atoms with E-state index in [2.05, 4.69) is 44.9 Å². The second-order valence-corrected chi connectivity index (χ2v) is 23.2. The Kier molecular flexibility index (Phi) is 13.9. The maximum atomic E-state index is 12.3. The van der Waals surface area contributed by atoms with Crippen LogP contribution in [0.1, 0.15) is 31.5 Å². The van der Waals surface area contributed by atoms with Gasteiger partial charge in [0.25, 0.3) is 0 Å². The van der Waals surface area contributed by atoms with E-state index in [1.54, 1.807) is 0 Å². The number of anilines is 3. The predicted octanol–water partition coefficient (Wildman–Crippen LogP) is -0.469. The van der Waals surface area contributed by atoms with E-state index in [0.717, 1.165) is 7.11 Å². The number of aliphatic hydroxyl groups excluding tert-OH is 2. The highest BCUT2D eigenvalue weighted by Gasteiger charge is 2.52. The quantitative estimate of drug-likeness (QED) is 0.0504. The molecule has 9 rings (SSSR count). The largest absolute Gasteiger partial charge is 0.387 e. The van der Waals surface area contributed by atoms with Gasteiger partial charge in [-0.2, -0.15) is 0 Å². The normalized spacial score (nSPS) is 30.3. The summed E-state index contributed by atoms with van der Waals surface area (Å²) < 4.78 is 69.7. The van der Waals surface area contributed by atoms with E-state index in [0.29, 0.717) is 0 Å². The highest BCUT2D eigenvalue weighted by atomic mass is 32.5. The highest BCUT2D eigenvalue weighted by Crippen LogP contribution is 2.54.